The van der Waals surface area contributed by atoms with Crippen molar-refractivity contribution < 1.29 is 13.2 Å². The van der Waals surface area contributed by atoms with Crippen LogP contribution in [0, 0.1) is 5.92 Å². The van der Waals surface area contributed by atoms with Crippen molar-refractivity contribution >= 4 is 9.84 Å². The Morgan fingerprint density at radius 1 is 1.16 bits per heavy atom. The van der Waals surface area contributed by atoms with Gasteiger partial charge in [-0.05, 0) is 44.4 Å². The normalized spacial score (nSPS) is 32.6. The van der Waals surface area contributed by atoms with Gasteiger partial charge in [0.15, 0.2) is 9.84 Å². The minimum absolute atomic E-state index is 0.0551. The van der Waals surface area contributed by atoms with Gasteiger partial charge in [0, 0.05) is 19.2 Å². The number of rotatable bonds is 6. The molecule has 4 nitrogen and oxygen atoms in total. The highest BCUT2D eigenvalue weighted by Crippen LogP contribution is 2.23. The lowest BCUT2D eigenvalue weighted by Gasteiger charge is -2.27. The van der Waals surface area contributed by atoms with Crippen LogP contribution in [0.4, 0.5) is 0 Å². The van der Waals surface area contributed by atoms with Gasteiger partial charge in [0.2, 0.25) is 0 Å². The van der Waals surface area contributed by atoms with Gasteiger partial charge in [0.1, 0.15) is 0 Å². The molecule has 5 heteroatoms. The van der Waals surface area contributed by atoms with E-state index in [4.69, 9.17) is 4.74 Å². The smallest absolute Gasteiger partial charge is 0.154 e. The highest BCUT2D eigenvalue weighted by Gasteiger charge is 2.23. The first-order valence-corrected chi connectivity index (χ1v) is 9.43. The summed E-state index contributed by atoms with van der Waals surface area (Å²) in [6, 6.07) is 0.522. The van der Waals surface area contributed by atoms with E-state index in [-0.39, 0.29) is 17.6 Å². The Morgan fingerprint density at radius 2 is 1.89 bits per heavy atom. The second kappa shape index (κ2) is 7.04. The minimum atomic E-state index is -2.96. The van der Waals surface area contributed by atoms with E-state index in [2.05, 4.69) is 12.2 Å². The zero-order valence-corrected chi connectivity index (χ0v) is 12.8. The van der Waals surface area contributed by atoms with Gasteiger partial charge >= 0.3 is 0 Å². The van der Waals surface area contributed by atoms with Crippen molar-refractivity contribution in [3.05, 3.63) is 0 Å². The van der Waals surface area contributed by atoms with Crippen LogP contribution in [0.5, 0.6) is 0 Å². The second-order valence-electron chi connectivity index (χ2n) is 6.16. The molecule has 1 aliphatic carbocycles. The molecule has 19 heavy (non-hydrogen) atoms. The Hall–Kier alpha value is -0.130. The first-order valence-electron chi connectivity index (χ1n) is 7.60. The monoisotopic (exact) mass is 289 g/mol. The summed E-state index contributed by atoms with van der Waals surface area (Å²) in [6.07, 6.45) is 6.74. The van der Waals surface area contributed by atoms with E-state index in [0.717, 1.165) is 25.4 Å². The molecule has 1 heterocycles. The molecule has 0 aromatic heterocycles. The van der Waals surface area contributed by atoms with E-state index in [9.17, 15) is 8.42 Å². The first kappa shape index (κ1) is 15.3. The highest BCUT2D eigenvalue weighted by atomic mass is 32.2. The van der Waals surface area contributed by atoms with Crippen LogP contribution in [0.15, 0.2) is 0 Å². The molecule has 0 aromatic rings. The number of ether oxygens (including phenoxy) is 1. The lowest BCUT2D eigenvalue weighted by atomic mass is 9.87. The largest absolute Gasteiger partial charge is 0.377 e. The fraction of sp³-hybridized carbons (Fsp3) is 1.00. The third kappa shape index (κ3) is 5.40. The average Bonchev–Trinajstić information content (AvgIpc) is 2.83. The Bertz CT molecular complexity index is 355. The van der Waals surface area contributed by atoms with Gasteiger partial charge in [0.05, 0.1) is 17.6 Å². The van der Waals surface area contributed by atoms with Crippen LogP contribution < -0.4 is 5.32 Å². The van der Waals surface area contributed by atoms with Crippen LogP contribution in [-0.2, 0) is 14.6 Å². The van der Waals surface area contributed by atoms with Crippen LogP contribution in [-0.4, -0.2) is 45.2 Å². The summed E-state index contributed by atoms with van der Waals surface area (Å²) in [5.74, 6) is 1.29. The molecule has 0 aromatic carbocycles. The van der Waals surface area contributed by atoms with Crippen molar-refractivity contribution in [3.8, 4) is 0 Å². The molecule has 2 aliphatic rings. The van der Waals surface area contributed by atoms with Gasteiger partial charge in [-0.15, -0.1) is 0 Å². The number of hydrogen-bond donors (Lipinski definition) is 1. The van der Waals surface area contributed by atoms with E-state index in [1.54, 1.807) is 0 Å². The molecule has 1 atom stereocenters. The molecule has 1 saturated heterocycles. The maximum atomic E-state index is 12.0. The lowest BCUT2D eigenvalue weighted by Crippen LogP contribution is -2.37. The van der Waals surface area contributed by atoms with Crippen LogP contribution in [0.1, 0.15) is 45.4 Å². The molecule has 2 fully saturated rings. The molecule has 0 radical (unpaired) electrons. The minimum Gasteiger partial charge on any atom is -0.377 e. The standard InChI is InChI=1S/C14H27NO3S/c1-12-4-6-13(7-5-12)15-8-10-19(16,17)11-14-3-2-9-18-14/h12-15H,2-11H2,1H3. The number of sulfone groups is 1. The van der Waals surface area contributed by atoms with Crippen molar-refractivity contribution in [2.24, 2.45) is 5.92 Å². The predicted octanol–water partition coefficient (Wildman–Crippen LogP) is 1.75. The second-order valence-corrected chi connectivity index (χ2v) is 8.39. The molecule has 1 saturated carbocycles. The van der Waals surface area contributed by atoms with E-state index in [1.165, 1.54) is 25.7 Å². The van der Waals surface area contributed by atoms with Crippen molar-refractivity contribution in [1.82, 2.24) is 5.32 Å². The van der Waals surface area contributed by atoms with Gasteiger partial charge in [-0.25, -0.2) is 8.42 Å². The summed E-state index contributed by atoms with van der Waals surface area (Å²) in [4.78, 5) is 0. The summed E-state index contributed by atoms with van der Waals surface area (Å²) in [7, 11) is -2.96. The molecular formula is C14H27NO3S. The van der Waals surface area contributed by atoms with Crippen LogP contribution in [0.25, 0.3) is 0 Å². The Labute approximate surface area is 117 Å². The summed E-state index contributed by atoms with van der Waals surface area (Å²) in [6.45, 7) is 3.61. The zero-order valence-electron chi connectivity index (χ0n) is 11.9. The molecule has 112 valence electrons. The number of hydrogen-bond acceptors (Lipinski definition) is 4. The average molecular weight is 289 g/mol. The predicted molar refractivity (Wildman–Crippen MR) is 77.1 cm³/mol. The number of nitrogens with one attached hydrogen (secondary N) is 1. The summed E-state index contributed by atoms with van der Waals surface area (Å²) in [5, 5.41) is 3.40. The molecule has 0 bridgehead atoms. The summed E-state index contributed by atoms with van der Waals surface area (Å²) in [5.41, 5.74) is 0. The third-order valence-corrected chi connectivity index (χ3v) is 6.03. The van der Waals surface area contributed by atoms with Crippen LogP contribution in [0.2, 0.25) is 0 Å². The molecule has 2 rings (SSSR count). The van der Waals surface area contributed by atoms with E-state index < -0.39 is 9.84 Å². The Kier molecular flexibility index (Phi) is 5.66. The molecule has 1 aliphatic heterocycles. The fourth-order valence-corrected chi connectivity index (χ4v) is 4.45. The summed E-state index contributed by atoms with van der Waals surface area (Å²) >= 11 is 0. The highest BCUT2D eigenvalue weighted by molar-refractivity contribution is 7.91. The van der Waals surface area contributed by atoms with Gasteiger partial charge in [0.25, 0.3) is 0 Å². The summed E-state index contributed by atoms with van der Waals surface area (Å²) < 4.78 is 29.3. The first-order chi connectivity index (χ1) is 9.05. The fourth-order valence-electron chi connectivity index (χ4n) is 3.03. The van der Waals surface area contributed by atoms with Gasteiger partial charge in [-0.1, -0.05) is 6.92 Å². The van der Waals surface area contributed by atoms with Crippen LogP contribution >= 0.6 is 0 Å². The molecule has 1 N–H and O–H groups in total. The molecular weight excluding hydrogens is 262 g/mol. The van der Waals surface area contributed by atoms with Crippen LogP contribution in [0.3, 0.4) is 0 Å². The van der Waals surface area contributed by atoms with E-state index in [1.807, 2.05) is 0 Å². The maximum Gasteiger partial charge on any atom is 0.154 e. The quantitative estimate of drug-likeness (QED) is 0.809. The van der Waals surface area contributed by atoms with Gasteiger partial charge in [-0.3, -0.25) is 0 Å². The van der Waals surface area contributed by atoms with Crippen molar-refractivity contribution in [2.75, 3.05) is 24.7 Å². The van der Waals surface area contributed by atoms with E-state index in [0.29, 0.717) is 12.6 Å². The SMILES string of the molecule is CC1CCC(NCCS(=O)(=O)CC2CCCO2)CC1. The Morgan fingerprint density at radius 3 is 2.53 bits per heavy atom. The topological polar surface area (TPSA) is 55.4 Å². The maximum absolute atomic E-state index is 12.0. The van der Waals surface area contributed by atoms with Crippen molar-refractivity contribution in [1.29, 1.82) is 0 Å². The van der Waals surface area contributed by atoms with Gasteiger partial charge in [-0.2, -0.15) is 0 Å². The Balaban J connectivity index is 1.63. The molecule has 0 amide bonds. The lowest BCUT2D eigenvalue weighted by molar-refractivity contribution is 0.127. The molecule has 0 spiro atoms. The third-order valence-electron chi connectivity index (χ3n) is 4.33. The van der Waals surface area contributed by atoms with Crippen molar-refractivity contribution in [2.45, 2.75) is 57.6 Å². The zero-order chi connectivity index (χ0) is 13.7. The van der Waals surface area contributed by atoms with E-state index >= 15 is 0 Å². The van der Waals surface area contributed by atoms with Gasteiger partial charge < -0.3 is 10.1 Å². The van der Waals surface area contributed by atoms with Crippen molar-refractivity contribution in [3.63, 3.8) is 0 Å². The molecule has 1 unspecified atom stereocenters.